The summed E-state index contributed by atoms with van der Waals surface area (Å²) in [6.07, 6.45) is 1.77. The van der Waals surface area contributed by atoms with Crippen LogP contribution < -0.4 is 4.74 Å². The average Bonchev–Trinajstić information content (AvgIpc) is 2.94. The summed E-state index contributed by atoms with van der Waals surface area (Å²) >= 11 is 0. The number of hydrogen-bond acceptors (Lipinski definition) is 5. The highest BCUT2D eigenvalue weighted by Gasteiger charge is 2.31. The van der Waals surface area contributed by atoms with Crippen LogP contribution >= 0.6 is 0 Å². The molecule has 0 saturated carbocycles. The highest BCUT2D eigenvalue weighted by molar-refractivity contribution is 5.94. The zero-order valence-electron chi connectivity index (χ0n) is 12.7. The molecule has 5 heteroatoms. The molecule has 1 fully saturated rings. The van der Waals surface area contributed by atoms with Gasteiger partial charge in [0.1, 0.15) is 11.8 Å². The van der Waals surface area contributed by atoms with Crippen LogP contribution in [0.2, 0.25) is 0 Å². The van der Waals surface area contributed by atoms with Gasteiger partial charge in [-0.25, -0.2) is 0 Å². The molecule has 5 nitrogen and oxygen atoms in total. The highest BCUT2D eigenvalue weighted by atomic mass is 16.5. The topological polar surface area (TPSA) is 55.8 Å². The number of methoxy groups -OCH3 is 2. The van der Waals surface area contributed by atoms with Gasteiger partial charge in [0.05, 0.1) is 14.2 Å². The van der Waals surface area contributed by atoms with Gasteiger partial charge in [-0.05, 0) is 44.5 Å². The Balaban J connectivity index is 2.23. The molecule has 0 amide bonds. The van der Waals surface area contributed by atoms with Crippen molar-refractivity contribution in [3.8, 4) is 5.75 Å². The molecule has 0 spiro atoms. The number of ether oxygens (including phenoxy) is 2. The molecule has 1 unspecified atom stereocenters. The van der Waals surface area contributed by atoms with Crippen LogP contribution in [0, 0.1) is 0 Å². The first kappa shape index (κ1) is 15.5. The number of nitrogens with zero attached hydrogens (tertiary/aromatic N) is 1. The van der Waals surface area contributed by atoms with Crippen molar-refractivity contribution < 1.29 is 19.1 Å². The fourth-order valence-corrected chi connectivity index (χ4v) is 2.76. The molecular formula is C16H21NO4. The van der Waals surface area contributed by atoms with Gasteiger partial charge in [-0.1, -0.05) is 0 Å². The Hall–Kier alpha value is -1.88. The van der Waals surface area contributed by atoms with Crippen LogP contribution in [0.3, 0.4) is 0 Å². The second-order valence-corrected chi connectivity index (χ2v) is 5.23. The predicted molar refractivity (Wildman–Crippen MR) is 78.4 cm³/mol. The Morgan fingerprint density at radius 2 is 2.10 bits per heavy atom. The number of ketones is 1. The first-order chi connectivity index (χ1) is 10.1. The molecular weight excluding hydrogens is 270 g/mol. The molecule has 0 aromatic heterocycles. The highest BCUT2D eigenvalue weighted by Crippen LogP contribution is 2.26. The standard InChI is InChI=1S/C16H21NO4/c1-11(18)12-6-7-15(20-2)13(9-12)10-17-8-4-5-14(17)16(19)21-3/h6-7,9,14H,4-5,8,10H2,1-3H3. The Bertz CT molecular complexity index is 541. The summed E-state index contributed by atoms with van der Waals surface area (Å²) in [6, 6.07) is 5.19. The van der Waals surface area contributed by atoms with Crippen molar-refractivity contribution in [3.63, 3.8) is 0 Å². The third kappa shape index (κ3) is 3.42. The van der Waals surface area contributed by atoms with E-state index in [0.717, 1.165) is 30.7 Å². The summed E-state index contributed by atoms with van der Waals surface area (Å²) in [5.74, 6) is 0.551. The lowest BCUT2D eigenvalue weighted by Gasteiger charge is -2.23. The second kappa shape index (κ2) is 6.72. The van der Waals surface area contributed by atoms with E-state index in [1.54, 1.807) is 26.2 Å². The van der Waals surface area contributed by atoms with Crippen LogP contribution in [-0.2, 0) is 16.1 Å². The Morgan fingerprint density at radius 3 is 2.71 bits per heavy atom. The summed E-state index contributed by atoms with van der Waals surface area (Å²) in [5.41, 5.74) is 1.57. The molecule has 1 atom stereocenters. The third-order valence-corrected chi connectivity index (χ3v) is 3.90. The van der Waals surface area contributed by atoms with Gasteiger partial charge in [-0.2, -0.15) is 0 Å². The molecule has 114 valence electrons. The van der Waals surface area contributed by atoms with Crippen molar-refractivity contribution in [1.29, 1.82) is 0 Å². The molecule has 0 aliphatic carbocycles. The van der Waals surface area contributed by atoms with E-state index in [2.05, 4.69) is 4.90 Å². The van der Waals surface area contributed by atoms with Crippen LogP contribution in [0.25, 0.3) is 0 Å². The number of esters is 1. The van der Waals surface area contributed by atoms with Crippen LogP contribution in [-0.4, -0.2) is 43.5 Å². The van der Waals surface area contributed by atoms with Gasteiger partial charge in [0, 0.05) is 17.7 Å². The number of likely N-dealkylation sites (tertiary alicyclic amines) is 1. The van der Waals surface area contributed by atoms with E-state index in [1.807, 2.05) is 6.07 Å². The third-order valence-electron chi connectivity index (χ3n) is 3.90. The van der Waals surface area contributed by atoms with Crippen LogP contribution in [0.4, 0.5) is 0 Å². The second-order valence-electron chi connectivity index (χ2n) is 5.23. The minimum absolute atomic E-state index is 0.0184. The lowest BCUT2D eigenvalue weighted by molar-refractivity contribution is -0.146. The molecule has 2 rings (SSSR count). The molecule has 0 radical (unpaired) electrons. The zero-order valence-corrected chi connectivity index (χ0v) is 12.7. The number of hydrogen-bond donors (Lipinski definition) is 0. The quantitative estimate of drug-likeness (QED) is 0.614. The maximum atomic E-state index is 11.8. The predicted octanol–water partition coefficient (Wildman–Crippen LogP) is 2.04. The fraction of sp³-hybridized carbons (Fsp3) is 0.500. The van der Waals surface area contributed by atoms with Crippen molar-refractivity contribution in [2.24, 2.45) is 0 Å². The summed E-state index contributed by atoms with van der Waals surface area (Å²) in [6.45, 7) is 2.95. The van der Waals surface area contributed by atoms with Crippen molar-refractivity contribution in [1.82, 2.24) is 4.90 Å². The number of rotatable bonds is 5. The number of carbonyl (C=O) groups is 2. The van der Waals surface area contributed by atoms with Crippen molar-refractivity contribution >= 4 is 11.8 Å². The smallest absolute Gasteiger partial charge is 0.323 e. The summed E-state index contributed by atoms with van der Waals surface area (Å²) in [7, 11) is 3.02. The Kier molecular flexibility index (Phi) is 4.96. The number of Topliss-reactive ketones (excluding diaryl/α,β-unsaturated/α-hetero) is 1. The van der Waals surface area contributed by atoms with E-state index >= 15 is 0 Å². The molecule has 0 N–H and O–H groups in total. The van der Waals surface area contributed by atoms with E-state index in [0.29, 0.717) is 12.1 Å². The maximum absolute atomic E-state index is 11.8. The largest absolute Gasteiger partial charge is 0.496 e. The summed E-state index contributed by atoms with van der Waals surface area (Å²) < 4.78 is 10.2. The molecule has 1 aliphatic heterocycles. The van der Waals surface area contributed by atoms with Crippen molar-refractivity contribution in [2.45, 2.75) is 32.4 Å². The van der Waals surface area contributed by atoms with E-state index < -0.39 is 0 Å². The molecule has 0 bridgehead atoms. The lowest BCUT2D eigenvalue weighted by Crippen LogP contribution is -2.36. The van der Waals surface area contributed by atoms with Gasteiger partial charge in [0.25, 0.3) is 0 Å². The van der Waals surface area contributed by atoms with Gasteiger partial charge in [-0.15, -0.1) is 0 Å². The Morgan fingerprint density at radius 1 is 1.33 bits per heavy atom. The van der Waals surface area contributed by atoms with Gasteiger partial charge >= 0.3 is 5.97 Å². The van der Waals surface area contributed by atoms with Crippen LogP contribution in [0.15, 0.2) is 18.2 Å². The minimum Gasteiger partial charge on any atom is -0.496 e. The van der Waals surface area contributed by atoms with Crippen molar-refractivity contribution in [2.75, 3.05) is 20.8 Å². The molecule has 1 aromatic rings. The van der Waals surface area contributed by atoms with Gasteiger partial charge in [0.2, 0.25) is 0 Å². The van der Waals surface area contributed by atoms with Crippen LogP contribution in [0.1, 0.15) is 35.7 Å². The van der Waals surface area contributed by atoms with E-state index in [-0.39, 0.29) is 17.8 Å². The lowest BCUT2D eigenvalue weighted by atomic mass is 10.1. The summed E-state index contributed by atoms with van der Waals surface area (Å²) in [4.78, 5) is 25.4. The van der Waals surface area contributed by atoms with E-state index in [9.17, 15) is 9.59 Å². The molecule has 1 saturated heterocycles. The first-order valence-electron chi connectivity index (χ1n) is 7.06. The first-order valence-corrected chi connectivity index (χ1v) is 7.06. The van der Waals surface area contributed by atoms with Crippen molar-refractivity contribution in [3.05, 3.63) is 29.3 Å². The SMILES string of the molecule is COC(=O)C1CCCN1Cc1cc(C(C)=O)ccc1OC. The average molecular weight is 291 g/mol. The maximum Gasteiger partial charge on any atom is 0.323 e. The molecule has 1 aliphatic rings. The number of carbonyl (C=O) groups excluding carboxylic acids is 2. The van der Waals surface area contributed by atoms with Gasteiger partial charge < -0.3 is 9.47 Å². The molecule has 1 heterocycles. The minimum atomic E-state index is -0.208. The molecule has 21 heavy (non-hydrogen) atoms. The normalized spacial score (nSPS) is 18.5. The zero-order chi connectivity index (χ0) is 15.4. The fourth-order valence-electron chi connectivity index (χ4n) is 2.76. The number of benzene rings is 1. The summed E-state index contributed by atoms with van der Waals surface area (Å²) in [5, 5.41) is 0. The van der Waals surface area contributed by atoms with E-state index in [4.69, 9.17) is 9.47 Å². The Labute approximate surface area is 124 Å². The molecule has 1 aromatic carbocycles. The van der Waals surface area contributed by atoms with Gasteiger partial charge in [-0.3, -0.25) is 14.5 Å². The van der Waals surface area contributed by atoms with E-state index in [1.165, 1.54) is 7.11 Å². The van der Waals surface area contributed by atoms with Gasteiger partial charge in [0.15, 0.2) is 5.78 Å². The monoisotopic (exact) mass is 291 g/mol. The van der Waals surface area contributed by atoms with Crippen LogP contribution in [0.5, 0.6) is 5.75 Å².